The van der Waals surface area contributed by atoms with Crippen molar-refractivity contribution in [1.82, 2.24) is 0 Å². The summed E-state index contributed by atoms with van der Waals surface area (Å²) in [4.78, 5) is 0. The van der Waals surface area contributed by atoms with E-state index >= 15 is 0 Å². The molecule has 1 heteroatoms. The summed E-state index contributed by atoms with van der Waals surface area (Å²) in [5.74, 6) is 3.74. The van der Waals surface area contributed by atoms with Crippen LogP contribution in [0.15, 0.2) is 23.8 Å². The predicted octanol–water partition coefficient (Wildman–Crippen LogP) is 6.44. The first-order valence-corrected chi connectivity index (χ1v) is 11.1. The van der Waals surface area contributed by atoms with E-state index in [1.54, 1.807) is 0 Å². The standard InChI is InChI=1S/C24H36O/c1-4-18-15-16(2)24(25-18)14-12-22-21-10-9-17-7-5-6-8-19(17)20(21)11-13-23(22,24)3/h7,18-22H,2,4-6,8-15H2,1,3H3/t18-,19-,20+,21+,22-,23-,24+/m0/s1. The van der Waals surface area contributed by atoms with E-state index in [9.17, 15) is 0 Å². The fraction of sp³-hybridized carbons (Fsp3) is 0.833. The molecule has 5 aliphatic rings. The van der Waals surface area contributed by atoms with Crippen LogP contribution >= 0.6 is 0 Å². The lowest BCUT2D eigenvalue weighted by atomic mass is 9.50. The van der Waals surface area contributed by atoms with Crippen LogP contribution in [0.4, 0.5) is 0 Å². The van der Waals surface area contributed by atoms with Crippen LogP contribution in [-0.2, 0) is 4.74 Å². The largest absolute Gasteiger partial charge is 0.367 e. The van der Waals surface area contributed by atoms with Gasteiger partial charge in [-0.3, -0.25) is 0 Å². The lowest BCUT2D eigenvalue weighted by Gasteiger charge is -2.56. The average molecular weight is 341 g/mol. The molecule has 0 unspecified atom stereocenters. The van der Waals surface area contributed by atoms with Gasteiger partial charge in [-0.25, -0.2) is 0 Å². The number of rotatable bonds is 1. The Hall–Kier alpha value is -0.560. The Morgan fingerprint density at radius 2 is 2.04 bits per heavy atom. The number of hydrogen-bond donors (Lipinski definition) is 0. The molecule has 3 saturated carbocycles. The van der Waals surface area contributed by atoms with Crippen LogP contribution in [0.25, 0.3) is 0 Å². The third-order valence-corrected chi connectivity index (χ3v) is 9.37. The van der Waals surface area contributed by atoms with E-state index in [2.05, 4.69) is 26.5 Å². The van der Waals surface area contributed by atoms with Crippen molar-refractivity contribution in [3.8, 4) is 0 Å². The van der Waals surface area contributed by atoms with Crippen LogP contribution in [0.5, 0.6) is 0 Å². The predicted molar refractivity (Wildman–Crippen MR) is 103 cm³/mol. The Balaban J connectivity index is 1.46. The first-order valence-electron chi connectivity index (χ1n) is 11.1. The zero-order valence-corrected chi connectivity index (χ0v) is 16.4. The Kier molecular flexibility index (Phi) is 3.80. The van der Waals surface area contributed by atoms with Crippen LogP contribution in [0.3, 0.4) is 0 Å². The molecule has 0 N–H and O–H groups in total. The van der Waals surface area contributed by atoms with Gasteiger partial charge in [0.1, 0.15) is 0 Å². The Bertz CT molecular complexity index is 603. The molecule has 1 nitrogen and oxygen atoms in total. The molecule has 0 aromatic carbocycles. The molecule has 1 aliphatic heterocycles. The molecule has 1 heterocycles. The maximum Gasteiger partial charge on any atom is 0.0949 e. The van der Waals surface area contributed by atoms with Crippen molar-refractivity contribution in [2.45, 2.75) is 96.2 Å². The summed E-state index contributed by atoms with van der Waals surface area (Å²) in [5.41, 5.74) is 3.66. The molecule has 4 fully saturated rings. The summed E-state index contributed by atoms with van der Waals surface area (Å²) in [7, 11) is 0. The minimum Gasteiger partial charge on any atom is -0.367 e. The number of ether oxygens (including phenoxy) is 1. The second kappa shape index (κ2) is 5.72. The normalized spacial score (nSPS) is 51.8. The summed E-state index contributed by atoms with van der Waals surface area (Å²) in [6, 6.07) is 0. The van der Waals surface area contributed by atoms with Gasteiger partial charge in [0.2, 0.25) is 0 Å². The molecule has 1 saturated heterocycles. The Morgan fingerprint density at radius 1 is 1.16 bits per heavy atom. The molecule has 0 radical (unpaired) electrons. The van der Waals surface area contributed by atoms with Gasteiger partial charge in [-0.1, -0.05) is 32.1 Å². The van der Waals surface area contributed by atoms with Crippen molar-refractivity contribution in [2.75, 3.05) is 0 Å². The maximum atomic E-state index is 6.82. The van der Waals surface area contributed by atoms with Gasteiger partial charge in [0, 0.05) is 5.41 Å². The van der Waals surface area contributed by atoms with E-state index in [4.69, 9.17) is 4.74 Å². The lowest BCUT2D eigenvalue weighted by Crippen LogP contribution is -2.53. The number of allylic oxidation sites excluding steroid dienone is 2. The average Bonchev–Trinajstić information content (AvgIpc) is 3.13. The molecular formula is C24H36O. The zero-order chi connectivity index (χ0) is 17.2. The van der Waals surface area contributed by atoms with Crippen LogP contribution < -0.4 is 0 Å². The molecule has 4 aliphatic carbocycles. The fourth-order valence-corrected chi connectivity index (χ4v) is 8.15. The molecule has 0 aromatic rings. The van der Waals surface area contributed by atoms with Gasteiger partial charge in [-0.05, 0) is 99.9 Å². The minimum atomic E-state index is 0.0198. The van der Waals surface area contributed by atoms with Gasteiger partial charge in [0.05, 0.1) is 11.7 Å². The van der Waals surface area contributed by atoms with Crippen LogP contribution in [-0.4, -0.2) is 11.7 Å². The monoisotopic (exact) mass is 340 g/mol. The molecule has 1 spiro atoms. The molecule has 5 rings (SSSR count). The quantitative estimate of drug-likeness (QED) is 0.499. The highest BCUT2D eigenvalue weighted by Gasteiger charge is 2.66. The molecule has 7 atom stereocenters. The van der Waals surface area contributed by atoms with Crippen LogP contribution in [0.2, 0.25) is 0 Å². The first kappa shape index (κ1) is 16.6. The second-order valence-electron chi connectivity index (χ2n) is 10.1. The third kappa shape index (κ3) is 2.11. The SMILES string of the molecule is C=C1C[C@H](CC)O[C@]12CC[C@H]1[C@@H]3CCC4=CCCC[C@@H]4[C@H]3CC[C@@]12C. The van der Waals surface area contributed by atoms with Gasteiger partial charge >= 0.3 is 0 Å². The Morgan fingerprint density at radius 3 is 2.84 bits per heavy atom. The maximum absolute atomic E-state index is 6.82. The summed E-state index contributed by atoms with van der Waals surface area (Å²) in [6.07, 6.45) is 17.8. The van der Waals surface area contributed by atoms with E-state index in [0.717, 1.165) is 36.5 Å². The van der Waals surface area contributed by atoms with E-state index in [0.29, 0.717) is 11.5 Å². The summed E-state index contributed by atoms with van der Waals surface area (Å²) >= 11 is 0. The van der Waals surface area contributed by atoms with Crippen LogP contribution in [0.1, 0.15) is 84.5 Å². The summed E-state index contributed by atoms with van der Waals surface area (Å²) < 4.78 is 6.82. The van der Waals surface area contributed by atoms with E-state index < -0.39 is 0 Å². The van der Waals surface area contributed by atoms with Gasteiger partial charge in [0.25, 0.3) is 0 Å². The van der Waals surface area contributed by atoms with Crippen LogP contribution in [0, 0.1) is 29.1 Å². The first-order chi connectivity index (χ1) is 12.1. The second-order valence-corrected chi connectivity index (χ2v) is 10.1. The highest BCUT2D eigenvalue weighted by atomic mass is 16.5. The number of fused-ring (bicyclic) bond motifs is 6. The summed E-state index contributed by atoms with van der Waals surface area (Å²) in [6.45, 7) is 9.43. The van der Waals surface area contributed by atoms with E-state index in [1.165, 1.54) is 63.4 Å². The lowest BCUT2D eigenvalue weighted by molar-refractivity contribution is -0.132. The molecule has 0 aromatic heterocycles. The number of hydrogen-bond acceptors (Lipinski definition) is 1. The summed E-state index contributed by atoms with van der Waals surface area (Å²) in [5, 5.41) is 0. The molecule has 0 amide bonds. The smallest absolute Gasteiger partial charge is 0.0949 e. The highest BCUT2D eigenvalue weighted by molar-refractivity contribution is 5.30. The van der Waals surface area contributed by atoms with Gasteiger partial charge in [-0.2, -0.15) is 0 Å². The van der Waals surface area contributed by atoms with Gasteiger partial charge in [0.15, 0.2) is 0 Å². The fourth-order valence-electron chi connectivity index (χ4n) is 8.15. The van der Waals surface area contributed by atoms with Crippen molar-refractivity contribution in [3.63, 3.8) is 0 Å². The topological polar surface area (TPSA) is 9.23 Å². The van der Waals surface area contributed by atoms with E-state index in [1.807, 2.05) is 5.57 Å². The zero-order valence-electron chi connectivity index (χ0n) is 16.4. The third-order valence-electron chi connectivity index (χ3n) is 9.37. The molecule has 138 valence electrons. The van der Waals surface area contributed by atoms with Gasteiger partial charge < -0.3 is 4.74 Å². The van der Waals surface area contributed by atoms with Gasteiger partial charge in [-0.15, -0.1) is 0 Å². The van der Waals surface area contributed by atoms with E-state index in [-0.39, 0.29) is 5.60 Å². The van der Waals surface area contributed by atoms with Crippen molar-refractivity contribution in [1.29, 1.82) is 0 Å². The molecule has 0 bridgehead atoms. The van der Waals surface area contributed by atoms with Crippen molar-refractivity contribution >= 4 is 0 Å². The van der Waals surface area contributed by atoms with Crippen molar-refractivity contribution in [2.24, 2.45) is 29.1 Å². The van der Waals surface area contributed by atoms with Crippen molar-refractivity contribution < 1.29 is 4.74 Å². The highest BCUT2D eigenvalue weighted by Crippen LogP contribution is 2.69. The minimum absolute atomic E-state index is 0.0198. The molecular weight excluding hydrogens is 304 g/mol. The Labute approximate surface area is 154 Å². The van der Waals surface area contributed by atoms with Crippen molar-refractivity contribution in [3.05, 3.63) is 23.8 Å². The molecule has 25 heavy (non-hydrogen) atoms.